The van der Waals surface area contributed by atoms with Crippen LogP contribution < -0.4 is 15.5 Å². The fraction of sp³-hybridized carbons (Fsp3) is 0.227. The van der Waals surface area contributed by atoms with Gasteiger partial charge in [-0.2, -0.15) is 5.10 Å². The van der Waals surface area contributed by atoms with E-state index in [1.807, 2.05) is 31.1 Å². The average molecular weight is 444 g/mol. The number of hydrogen-bond acceptors (Lipinski definition) is 9. The van der Waals surface area contributed by atoms with Gasteiger partial charge in [-0.05, 0) is 25.5 Å². The zero-order valence-electron chi connectivity index (χ0n) is 18.6. The number of allylic oxidation sites excluding steroid dienone is 1. The number of nitrogens with one attached hydrogen (secondary N) is 3. The summed E-state index contributed by atoms with van der Waals surface area (Å²) in [4.78, 5) is 17.0. The minimum atomic E-state index is -0.370. The number of aryl methyl sites for hydroxylation is 1. The highest BCUT2D eigenvalue weighted by Crippen LogP contribution is 2.40. The van der Waals surface area contributed by atoms with E-state index in [2.05, 4.69) is 15.1 Å². The van der Waals surface area contributed by atoms with E-state index in [0.717, 1.165) is 11.9 Å². The second-order valence-electron chi connectivity index (χ2n) is 7.56. The Bertz CT molecular complexity index is 1260. The second kappa shape index (κ2) is 8.61. The van der Waals surface area contributed by atoms with Crippen LogP contribution in [0, 0.1) is 16.2 Å². The first kappa shape index (κ1) is 21.8. The number of rotatable bonds is 5. The Morgan fingerprint density at radius 2 is 2.03 bits per heavy atom. The van der Waals surface area contributed by atoms with Gasteiger partial charge in [0.2, 0.25) is 0 Å². The van der Waals surface area contributed by atoms with Crippen LogP contribution >= 0.6 is 0 Å². The summed E-state index contributed by atoms with van der Waals surface area (Å²) < 4.78 is 1.68. The number of aromatic nitrogens is 5. The summed E-state index contributed by atoms with van der Waals surface area (Å²) in [6.07, 6.45) is 8.48. The maximum Gasteiger partial charge on any atom is 0.165 e. The van der Waals surface area contributed by atoms with Crippen LogP contribution in [0.4, 0.5) is 17.2 Å². The van der Waals surface area contributed by atoms with Crippen molar-refractivity contribution in [2.75, 3.05) is 9.80 Å². The molecule has 1 atom stereocenters. The number of amidine groups is 2. The van der Waals surface area contributed by atoms with Gasteiger partial charge in [0.15, 0.2) is 11.6 Å². The lowest BCUT2D eigenvalue weighted by Crippen LogP contribution is -2.53. The molecule has 0 radical (unpaired) electrons. The standard InChI is InChI=1S/C22H25N11/c1-4-17-20(26)32(13(2)24)18-11-28-21(15(9-23)19(25)16-7-5-6-8-27-16)30-22(18)33(17)14-10-29-31(3)12-14/h5-12,17,23-24,26H,4,25H2,1-3H3/b19-15+,23-9?,24-13?,26-20?. The lowest BCUT2D eigenvalue weighted by atomic mass is 10.1. The molecule has 4 rings (SSSR count). The molecule has 11 nitrogen and oxygen atoms in total. The van der Waals surface area contributed by atoms with Gasteiger partial charge in [0.25, 0.3) is 0 Å². The summed E-state index contributed by atoms with van der Waals surface area (Å²) in [6, 6.07) is 4.99. The summed E-state index contributed by atoms with van der Waals surface area (Å²) in [5, 5.41) is 29.3. The Morgan fingerprint density at radius 3 is 2.61 bits per heavy atom. The van der Waals surface area contributed by atoms with Crippen LogP contribution in [0.3, 0.4) is 0 Å². The molecule has 0 fully saturated rings. The first-order chi connectivity index (χ1) is 15.9. The van der Waals surface area contributed by atoms with E-state index < -0.39 is 0 Å². The molecule has 11 heteroatoms. The van der Waals surface area contributed by atoms with Crippen molar-refractivity contribution < 1.29 is 0 Å². The largest absolute Gasteiger partial charge is 0.396 e. The van der Waals surface area contributed by atoms with Crippen LogP contribution in [0.25, 0.3) is 11.3 Å². The Kier molecular flexibility index (Phi) is 5.69. The van der Waals surface area contributed by atoms with Crippen LogP contribution in [-0.2, 0) is 7.05 Å². The molecule has 168 valence electrons. The fourth-order valence-corrected chi connectivity index (χ4v) is 3.87. The maximum absolute atomic E-state index is 8.79. The molecule has 0 spiro atoms. The number of pyridine rings is 1. The highest BCUT2D eigenvalue weighted by Gasteiger charge is 2.38. The van der Waals surface area contributed by atoms with Gasteiger partial charge >= 0.3 is 0 Å². The predicted molar refractivity (Wildman–Crippen MR) is 129 cm³/mol. The molecule has 1 aliphatic heterocycles. The summed E-state index contributed by atoms with van der Waals surface area (Å²) in [5.74, 6) is 1.22. The minimum absolute atomic E-state index is 0.192. The van der Waals surface area contributed by atoms with Crippen LogP contribution in [-0.4, -0.2) is 48.7 Å². The van der Waals surface area contributed by atoms with Gasteiger partial charge in [0.1, 0.15) is 17.4 Å². The summed E-state index contributed by atoms with van der Waals surface area (Å²) in [7, 11) is 1.82. The van der Waals surface area contributed by atoms with E-state index in [4.69, 9.17) is 26.9 Å². The van der Waals surface area contributed by atoms with E-state index in [1.165, 1.54) is 4.90 Å². The number of anilines is 3. The molecule has 3 aromatic heterocycles. The zero-order chi connectivity index (χ0) is 23.7. The van der Waals surface area contributed by atoms with E-state index >= 15 is 0 Å². The number of hydrogen-bond donors (Lipinski definition) is 4. The van der Waals surface area contributed by atoms with Crippen molar-refractivity contribution >= 4 is 46.3 Å². The van der Waals surface area contributed by atoms with Gasteiger partial charge in [-0.3, -0.25) is 25.4 Å². The van der Waals surface area contributed by atoms with Crippen molar-refractivity contribution in [3.8, 4) is 0 Å². The highest BCUT2D eigenvalue weighted by atomic mass is 15.4. The normalized spacial score (nSPS) is 16.3. The maximum atomic E-state index is 8.79. The minimum Gasteiger partial charge on any atom is -0.396 e. The van der Waals surface area contributed by atoms with E-state index in [1.54, 1.807) is 42.3 Å². The molecule has 0 saturated carbocycles. The van der Waals surface area contributed by atoms with E-state index in [-0.39, 0.29) is 29.2 Å². The molecule has 5 N–H and O–H groups in total. The van der Waals surface area contributed by atoms with Gasteiger partial charge in [0.05, 0.1) is 41.1 Å². The van der Waals surface area contributed by atoms with Gasteiger partial charge < -0.3 is 16.0 Å². The van der Waals surface area contributed by atoms with Crippen molar-refractivity contribution in [2.24, 2.45) is 12.8 Å². The lowest BCUT2D eigenvalue weighted by molar-refractivity contribution is 0.743. The Labute approximate surface area is 191 Å². The topological polar surface area (TPSA) is 161 Å². The average Bonchev–Trinajstić information content (AvgIpc) is 3.24. The van der Waals surface area contributed by atoms with Crippen molar-refractivity contribution in [2.45, 2.75) is 26.3 Å². The van der Waals surface area contributed by atoms with E-state index in [0.29, 0.717) is 29.2 Å². The quantitative estimate of drug-likeness (QED) is 0.348. The molecular weight excluding hydrogens is 418 g/mol. The molecule has 0 aliphatic carbocycles. The van der Waals surface area contributed by atoms with Crippen LogP contribution in [0.5, 0.6) is 0 Å². The molecule has 1 unspecified atom stereocenters. The van der Waals surface area contributed by atoms with E-state index in [9.17, 15) is 0 Å². The zero-order valence-corrected chi connectivity index (χ0v) is 18.6. The van der Waals surface area contributed by atoms with Crippen LogP contribution in [0.15, 0.2) is 43.0 Å². The van der Waals surface area contributed by atoms with Crippen LogP contribution in [0.2, 0.25) is 0 Å². The Morgan fingerprint density at radius 1 is 1.24 bits per heavy atom. The lowest BCUT2D eigenvalue weighted by Gasteiger charge is -2.42. The molecule has 4 heterocycles. The predicted octanol–water partition coefficient (Wildman–Crippen LogP) is 2.79. The fourth-order valence-electron chi connectivity index (χ4n) is 3.87. The van der Waals surface area contributed by atoms with Crippen molar-refractivity contribution in [1.29, 1.82) is 16.2 Å². The molecule has 0 saturated heterocycles. The van der Waals surface area contributed by atoms with Gasteiger partial charge in [-0.25, -0.2) is 9.97 Å². The molecular formula is C22H25N11. The Hall–Kier alpha value is -4.41. The highest BCUT2D eigenvalue weighted by molar-refractivity contribution is 6.23. The smallest absolute Gasteiger partial charge is 0.165 e. The van der Waals surface area contributed by atoms with Crippen molar-refractivity contribution in [1.82, 2.24) is 24.7 Å². The van der Waals surface area contributed by atoms with Gasteiger partial charge in [-0.1, -0.05) is 13.0 Å². The third kappa shape index (κ3) is 3.73. The number of nitrogens with zero attached hydrogens (tertiary/aromatic N) is 7. The molecule has 1 aliphatic rings. The molecule has 0 bridgehead atoms. The molecule has 3 aromatic rings. The Balaban J connectivity index is 1.95. The summed E-state index contributed by atoms with van der Waals surface area (Å²) in [6.45, 7) is 3.61. The molecule has 0 amide bonds. The first-order valence-electron chi connectivity index (χ1n) is 10.4. The monoisotopic (exact) mass is 443 g/mol. The third-order valence-electron chi connectivity index (χ3n) is 5.40. The van der Waals surface area contributed by atoms with Crippen molar-refractivity contribution in [3.63, 3.8) is 0 Å². The summed E-state index contributed by atoms with van der Waals surface area (Å²) in [5.41, 5.74) is 8.74. The molecule has 33 heavy (non-hydrogen) atoms. The second-order valence-corrected chi connectivity index (χ2v) is 7.56. The van der Waals surface area contributed by atoms with Crippen molar-refractivity contribution in [3.05, 3.63) is 54.5 Å². The van der Waals surface area contributed by atoms with Gasteiger partial charge in [0, 0.05) is 25.7 Å². The molecule has 0 aromatic carbocycles. The first-order valence-corrected chi connectivity index (χ1v) is 10.4. The SMILES string of the molecule is CCC1C(=N)N(C(C)=N)c2cnc(/C(C=N)=C(/N)c3ccccn3)nc2N1c1cnn(C)c1. The number of nitrogens with two attached hydrogens (primary N) is 1. The van der Waals surface area contributed by atoms with Gasteiger partial charge in [-0.15, -0.1) is 0 Å². The summed E-state index contributed by atoms with van der Waals surface area (Å²) >= 11 is 0. The third-order valence-corrected chi connectivity index (χ3v) is 5.40. The number of fused-ring (bicyclic) bond motifs is 1. The van der Waals surface area contributed by atoms with Crippen LogP contribution in [0.1, 0.15) is 31.8 Å².